The number of carboxylic acids is 1. The standard InChI is InChI=1S/C36H46N4O8S2/c1-5-7-12-27-22-39(26-13-10-9-11-14-26)29-20-31(49-4)30(21-32(29)50(46,47)40(27)19-8-6-2)48-23-33(42)38-34(25-15-17-28(41)18-16-25)35(43)37-24(3)36(44)45/h9-11,13-18,20-21,24,27,34,41H,5-8,12,19,22-23H2,1-4H3,(H,37,43)(H,38,42)(H,44,45)/t24-,27?,34+/m0/s1. The molecule has 12 nitrogen and oxygen atoms in total. The average Bonchev–Trinajstić information content (AvgIpc) is 3.19. The number of aromatic hydroxyl groups is 1. The first-order valence-electron chi connectivity index (χ1n) is 16.7. The summed E-state index contributed by atoms with van der Waals surface area (Å²) in [6, 6.07) is 15.7. The number of carboxylic acid groups (broad SMARTS) is 1. The number of nitrogens with one attached hydrogen (secondary N) is 2. The zero-order chi connectivity index (χ0) is 36.4. The zero-order valence-electron chi connectivity index (χ0n) is 28.8. The minimum Gasteiger partial charge on any atom is -0.508 e. The number of rotatable bonds is 16. The quantitative estimate of drug-likeness (QED) is 0.140. The van der Waals surface area contributed by atoms with Crippen LogP contribution in [0.25, 0.3) is 0 Å². The van der Waals surface area contributed by atoms with E-state index in [1.807, 2.05) is 48.4 Å². The lowest BCUT2D eigenvalue weighted by Gasteiger charge is -2.31. The first-order valence-corrected chi connectivity index (χ1v) is 19.4. The Morgan fingerprint density at radius 2 is 1.68 bits per heavy atom. The molecule has 3 aromatic rings. The van der Waals surface area contributed by atoms with Crippen molar-refractivity contribution in [3.05, 3.63) is 72.3 Å². The maximum absolute atomic E-state index is 14.6. The van der Waals surface area contributed by atoms with Crippen LogP contribution in [-0.2, 0) is 24.4 Å². The first kappa shape index (κ1) is 38.5. The molecule has 0 aliphatic carbocycles. The maximum Gasteiger partial charge on any atom is 0.325 e. The number of thioether (sulfide) groups is 1. The van der Waals surface area contributed by atoms with Gasteiger partial charge in [0, 0.05) is 30.9 Å². The van der Waals surface area contributed by atoms with Crippen molar-refractivity contribution in [2.45, 2.75) is 80.8 Å². The number of aliphatic carboxylic acids is 1. The summed E-state index contributed by atoms with van der Waals surface area (Å²) in [7, 11) is -4.01. The summed E-state index contributed by atoms with van der Waals surface area (Å²) < 4.78 is 36.7. The van der Waals surface area contributed by atoms with Crippen molar-refractivity contribution >= 4 is 50.9 Å². The molecule has 3 aromatic carbocycles. The van der Waals surface area contributed by atoms with Crippen molar-refractivity contribution in [2.24, 2.45) is 0 Å². The van der Waals surface area contributed by atoms with Crippen molar-refractivity contribution < 1.29 is 37.8 Å². The van der Waals surface area contributed by atoms with E-state index < -0.39 is 46.5 Å². The average molecular weight is 727 g/mol. The molecule has 270 valence electrons. The number of carbonyl (C=O) groups excluding carboxylic acids is 2. The number of anilines is 2. The molecular formula is C36H46N4O8S2. The summed E-state index contributed by atoms with van der Waals surface area (Å²) in [6.07, 6.45) is 5.88. The Morgan fingerprint density at radius 1 is 1.00 bits per heavy atom. The van der Waals surface area contributed by atoms with Gasteiger partial charge >= 0.3 is 5.97 Å². The number of para-hydroxylation sites is 1. The normalized spacial score (nSPS) is 16.8. The predicted molar refractivity (Wildman–Crippen MR) is 194 cm³/mol. The van der Waals surface area contributed by atoms with Gasteiger partial charge in [0.15, 0.2) is 6.61 Å². The fourth-order valence-electron chi connectivity index (χ4n) is 5.76. The Bertz CT molecular complexity index is 1740. The van der Waals surface area contributed by atoms with Crippen LogP contribution in [-0.4, -0.2) is 78.8 Å². The van der Waals surface area contributed by atoms with Gasteiger partial charge < -0.3 is 30.5 Å². The molecule has 1 aliphatic rings. The molecule has 14 heteroatoms. The third kappa shape index (κ3) is 9.29. The molecule has 1 aliphatic heterocycles. The molecule has 1 unspecified atom stereocenters. The van der Waals surface area contributed by atoms with E-state index in [0.29, 0.717) is 42.1 Å². The van der Waals surface area contributed by atoms with Crippen molar-refractivity contribution in [3.63, 3.8) is 0 Å². The topological polar surface area (TPSA) is 166 Å². The van der Waals surface area contributed by atoms with Crippen LogP contribution in [0.2, 0.25) is 0 Å². The van der Waals surface area contributed by atoms with Crippen LogP contribution in [0.3, 0.4) is 0 Å². The van der Waals surface area contributed by atoms with E-state index in [2.05, 4.69) is 17.6 Å². The molecule has 4 rings (SSSR count). The number of nitrogens with zero attached hydrogens (tertiary/aromatic N) is 2. The molecule has 0 saturated heterocycles. The molecular weight excluding hydrogens is 681 g/mol. The molecule has 0 spiro atoms. The number of benzene rings is 3. The smallest absolute Gasteiger partial charge is 0.325 e. The van der Waals surface area contributed by atoms with Crippen LogP contribution >= 0.6 is 11.8 Å². The summed E-state index contributed by atoms with van der Waals surface area (Å²) in [5.41, 5.74) is 1.69. The van der Waals surface area contributed by atoms with Gasteiger partial charge in [-0.2, -0.15) is 4.31 Å². The van der Waals surface area contributed by atoms with Crippen LogP contribution in [0.4, 0.5) is 11.4 Å². The predicted octanol–water partition coefficient (Wildman–Crippen LogP) is 5.44. The molecule has 50 heavy (non-hydrogen) atoms. The van der Waals surface area contributed by atoms with E-state index in [1.165, 1.54) is 49.0 Å². The third-order valence-electron chi connectivity index (χ3n) is 8.50. The van der Waals surface area contributed by atoms with E-state index >= 15 is 0 Å². The highest BCUT2D eigenvalue weighted by Crippen LogP contribution is 2.44. The van der Waals surface area contributed by atoms with E-state index in [-0.39, 0.29) is 22.4 Å². The lowest BCUT2D eigenvalue weighted by Crippen LogP contribution is -2.46. The second-order valence-electron chi connectivity index (χ2n) is 12.1. The summed E-state index contributed by atoms with van der Waals surface area (Å²) in [6.45, 7) is 5.69. The van der Waals surface area contributed by atoms with Gasteiger partial charge in [-0.1, -0.05) is 63.4 Å². The number of amides is 2. The number of fused-ring (bicyclic) bond motifs is 1. The minimum atomic E-state index is -4.01. The monoisotopic (exact) mass is 726 g/mol. The van der Waals surface area contributed by atoms with E-state index in [1.54, 1.807) is 10.4 Å². The van der Waals surface area contributed by atoms with Crippen molar-refractivity contribution in [2.75, 3.05) is 30.9 Å². The molecule has 0 aromatic heterocycles. The SMILES string of the molecule is CCCCC1CN(c2ccccc2)c2cc(SC)c(OCC(=O)N[C@@H](C(=O)N[C@@H](C)C(=O)O)c3ccc(O)cc3)cc2S(=O)(=O)N1CCCC. The number of unbranched alkanes of at least 4 members (excludes halogenated alkanes) is 2. The number of carbonyl (C=O) groups is 3. The van der Waals surface area contributed by atoms with Crippen molar-refractivity contribution in [1.82, 2.24) is 14.9 Å². The van der Waals surface area contributed by atoms with Crippen LogP contribution < -0.4 is 20.3 Å². The van der Waals surface area contributed by atoms with Crippen LogP contribution in [0.15, 0.2) is 76.5 Å². The Kier molecular flexibility index (Phi) is 13.6. The lowest BCUT2D eigenvalue weighted by molar-refractivity contribution is -0.141. The lowest BCUT2D eigenvalue weighted by atomic mass is 10.1. The summed E-state index contributed by atoms with van der Waals surface area (Å²) in [5.74, 6) is -2.60. The fourth-order valence-corrected chi connectivity index (χ4v) is 8.18. The van der Waals surface area contributed by atoms with Crippen molar-refractivity contribution in [1.29, 1.82) is 0 Å². The number of hydrogen-bond donors (Lipinski definition) is 4. The van der Waals surface area contributed by atoms with Gasteiger partial charge in [0.05, 0.1) is 10.6 Å². The first-order chi connectivity index (χ1) is 23.9. The fraction of sp³-hybridized carbons (Fsp3) is 0.417. The summed E-state index contributed by atoms with van der Waals surface area (Å²) in [5, 5.41) is 24.0. The van der Waals surface area contributed by atoms with E-state index in [4.69, 9.17) is 4.74 Å². The van der Waals surface area contributed by atoms with Crippen LogP contribution in [0.1, 0.15) is 64.5 Å². The van der Waals surface area contributed by atoms with Gasteiger partial charge in [0.2, 0.25) is 15.9 Å². The van der Waals surface area contributed by atoms with E-state index in [9.17, 15) is 33.0 Å². The van der Waals surface area contributed by atoms with Crippen molar-refractivity contribution in [3.8, 4) is 11.5 Å². The molecule has 4 N–H and O–H groups in total. The Morgan fingerprint density at radius 3 is 2.30 bits per heavy atom. The highest BCUT2D eigenvalue weighted by Gasteiger charge is 2.39. The Labute approximate surface area is 298 Å². The molecule has 3 atom stereocenters. The third-order valence-corrected chi connectivity index (χ3v) is 11.2. The summed E-state index contributed by atoms with van der Waals surface area (Å²) in [4.78, 5) is 40.5. The summed E-state index contributed by atoms with van der Waals surface area (Å²) >= 11 is 1.34. The van der Waals surface area contributed by atoms with Crippen LogP contribution in [0, 0.1) is 0 Å². The number of hydrogen-bond acceptors (Lipinski definition) is 9. The molecule has 0 radical (unpaired) electrons. The van der Waals surface area contributed by atoms with E-state index in [0.717, 1.165) is 24.9 Å². The molecule has 1 heterocycles. The second-order valence-corrected chi connectivity index (χ2v) is 14.8. The van der Waals surface area contributed by atoms with Gasteiger partial charge in [-0.25, -0.2) is 8.42 Å². The highest BCUT2D eigenvalue weighted by atomic mass is 32.2. The maximum atomic E-state index is 14.6. The number of phenolic OH excluding ortho intramolecular Hbond substituents is 1. The molecule has 0 saturated carbocycles. The van der Waals surface area contributed by atoms with Gasteiger partial charge in [-0.15, -0.1) is 11.8 Å². The second kappa shape index (κ2) is 17.6. The molecule has 0 fully saturated rings. The van der Waals surface area contributed by atoms with Gasteiger partial charge in [-0.3, -0.25) is 14.4 Å². The zero-order valence-corrected chi connectivity index (χ0v) is 30.4. The molecule has 0 bridgehead atoms. The Hall–Kier alpha value is -4.27. The van der Waals surface area contributed by atoms with Gasteiger partial charge in [0.1, 0.15) is 28.5 Å². The molecule has 2 amide bonds. The largest absolute Gasteiger partial charge is 0.508 e. The Balaban J connectivity index is 1.70. The van der Waals surface area contributed by atoms with Crippen LogP contribution in [0.5, 0.6) is 11.5 Å². The number of sulfonamides is 1. The number of phenols is 1. The number of ether oxygens (including phenoxy) is 1. The highest BCUT2D eigenvalue weighted by molar-refractivity contribution is 7.98. The minimum absolute atomic E-state index is 0.0556. The van der Waals surface area contributed by atoms with Gasteiger partial charge in [0.25, 0.3) is 5.91 Å². The van der Waals surface area contributed by atoms with Gasteiger partial charge in [-0.05, 0) is 61.9 Å².